The van der Waals surface area contributed by atoms with E-state index in [2.05, 4.69) is 5.32 Å². The van der Waals surface area contributed by atoms with Crippen LogP contribution in [0, 0.1) is 5.92 Å². The van der Waals surface area contributed by atoms with Crippen molar-refractivity contribution in [1.29, 1.82) is 0 Å². The van der Waals surface area contributed by atoms with Gasteiger partial charge in [0.1, 0.15) is 0 Å². The van der Waals surface area contributed by atoms with Gasteiger partial charge in [-0.05, 0) is 19.3 Å². The van der Waals surface area contributed by atoms with E-state index < -0.39 is 0 Å². The molecule has 1 rings (SSSR count). The van der Waals surface area contributed by atoms with Gasteiger partial charge in [0.25, 0.3) is 0 Å². The van der Waals surface area contributed by atoms with Gasteiger partial charge in [-0.3, -0.25) is 4.79 Å². The van der Waals surface area contributed by atoms with Crippen LogP contribution in [-0.2, 0) is 9.53 Å². The Labute approximate surface area is 91.5 Å². The van der Waals surface area contributed by atoms with Crippen molar-refractivity contribution in [2.24, 2.45) is 11.7 Å². The largest absolute Gasteiger partial charge is 0.376 e. The van der Waals surface area contributed by atoms with Crippen molar-refractivity contribution < 1.29 is 9.53 Å². The Morgan fingerprint density at radius 3 is 2.73 bits per heavy atom. The summed E-state index contributed by atoms with van der Waals surface area (Å²) in [5, 5.41) is 2.94. The third-order valence-electron chi connectivity index (χ3n) is 2.67. The summed E-state index contributed by atoms with van der Waals surface area (Å²) in [5.74, 6) is 0.460. The SMILES string of the molecule is CCOC1CC(N)C1NC(=O)CC(C)C. The zero-order valence-electron chi connectivity index (χ0n) is 9.82. The minimum Gasteiger partial charge on any atom is -0.376 e. The van der Waals surface area contributed by atoms with Crippen LogP contribution in [0.15, 0.2) is 0 Å². The summed E-state index contributed by atoms with van der Waals surface area (Å²) in [4.78, 5) is 11.5. The molecule has 0 bridgehead atoms. The fraction of sp³-hybridized carbons (Fsp3) is 0.909. The van der Waals surface area contributed by atoms with Gasteiger partial charge in [-0.15, -0.1) is 0 Å². The Balaban J connectivity index is 2.32. The zero-order chi connectivity index (χ0) is 11.4. The summed E-state index contributed by atoms with van der Waals surface area (Å²) < 4.78 is 5.47. The first kappa shape index (κ1) is 12.5. The average molecular weight is 214 g/mol. The standard InChI is InChI=1S/C11H22N2O2/c1-4-15-9-6-8(12)11(9)13-10(14)5-7(2)3/h7-9,11H,4-6,12H2,1-3H3,(H,13,14). The van der Waals surface area contributed by atoms with E-state index in [0.717, 1.165) is 6.42 Å². The number of carbonyl (C=O) groups is 1. The van der Waals surface area contributed by atoms with Gasteiger partial charge in [0.05, 0.1) is 12.1 Å². The molecule has 0 aromatic rings. The lowest BCUT2D eigenvalue weighted by Crippen LogP contribution is -2.64. The topological polar surface area (TPSA) is 64.3 Å². The van der Waals surface area contributed by atoms with Crippen LogP contribution >= 0.6 is 0 Å². The van der Waals surface area contributed by atoms with Crippen molar-refractivity contribution in [3.8, 4) is 0 Å². The second-order valence-electron chi connectivity index (χ2n) is 4.58. The maximum Gasteiger partial charge on any atom is 0.220 e. The Morgan fingerprint density at radius 1 is 1.60 bits per heavy atom. The van der Waals surface area contributed by atoms with Gasteiger partial charge in [0, 0.05) is 19.1 Å². The number of nitrogens with one attached hydrogen (secondary N) is 1. The van der Waals surface area contributed by atoms with Crippen molar-refractivity contribution in [3.63, 3.8) is 0 Å². The first-order chi connectivity index (χ1) is 7.04. The monoisotopic (exact) mass is 214 g/mol. The first-order valence-electron chi connectivity index (χ1n) is 5.71. The van der Waals surface area contributed by atoms with E-state index in [0.29, 0.717) is 18.9 Å². The van der Waals surface area contributed by atoms with Crippen LogP contribution in [0.4, 0.5) is 0 Å². The molecule has 3 unspecified atom stereocenters. The molecule has 1 aliphatic carbocycles. The Hall–Kier alpha value is -0.610. The molecular formula is C11H22N2O2. The predicted octanol–water partition coefficient (Wildman–Crippen LogP) is 0.653. The van der Waals surface area contributed by atoms with E-state index in [9.17, 15) is 4.79 Å². The van der Waals surface area contributed by atoms with Crippen molar-refractivity contribution in [2.45, 2.75) is 51.8 Å². The van der Waals surface area contributed by atoms with E-state index in [1.165, 1.54) is 0 Å². The third kappa shape index (κ3) is 3.47. The summed E-state index contributed by atoms with van der Waals surface area (Å²) in [5.41, 5.74) is 5.83. The molecule has 0 saturated heterocycles. The molecule has 4 heteroatoms. The van der Waals surface area contributed by atoms with Crippen molar-refractivity contribution in [1.82, 2.24) is 5.32 Å². The molecule has 1 amide bonds. The highest BCUT2D eigenvalue weighted by Crippen LogP contribution is 2.22. The molecule has 0 aromatic heterocycles. The molecular weight excluding hydrogens is 192 g/mol. The summed E-state index contributed by atoms with van der Waals surface area (Å²) in [6.45, 7) is 6.69. The lowest BCUT2D eigenvalue weighted by Gasteiger charge is -2.42. The van der Waals surface area contributed by atoms with E-state index in [1.54, 1.807) is 0 Å². The molecule has 0 aliphatic heterocycles. The van der Waals surface area contributed by atoms with Crippen molar-refractivity contribution in [2.75, 3.05) is 6.61 Å². The van der Waals surface area contributed by atoms with Gasteiger partial charge in [0.2, 0.25) is 5.91 Å². The lowest BCUT2D eigenvalue weighted by molar-refractivity contribution is -0.126. The third-order valence-corrected chi connectivity index (χ3v) is 2.67. The average Bonchev–Trinajstić information content (AvgIpc) is 2.13. The Morgan fingerprint density at radius 2 is 2.27 bits per heavy atom. The molecule has 1 saturated carbocycles. The van der Waals surface area contributed by atoms with Crippen LogP contribution in [-0.4, -0.2) is 30.7 Å². The second-order valence-corrected chi connectivity index (χ2v) is 4.58. The van der Waals surface area contributed by atoms with Gasteiger partial charge in [-0.2, -0.15) is 0 Å². The number of carbonyl (C=O) groups excluding carboxylic acids is 1. The van der Waals surface area contributed by atoms with Crippen LogP contribution in [0.25, 0.3) is 0 Å². The summed E-state index contributed by atoms with van der Waals surface area (Å²) in [6.07, 6.45) is 1.52. The van der Waals surface area contributed by atoms with Crippen LogP contribution < -0.4 is 11.1 Å². The molecule has 1 aliphatic rings. The molecule has 0 heterocycles. The number of nitrogens with two attached hydrogens (primary N) is 1. The molecule has 0 radical (unpaired) electrons. The fourth-order valence-electron chi connectivity index (χ4n) is 1.84. The summed E-state index contributed by atoms with van der Waals surface area (Å²) in [7, 11) is 0. The highest BCUT2D eigenvalue weighted by molar-refractivity contribution is 5.76. The lowest BCUT2D eigenvalue weighted by atomic mass is 9.83. The van der Waals surface area contributed by atoms with Crippen LogP contribution in [0.1, 0.15) is 33.6 Å². The zero-order valence-corrected chi connectivity index (χ0v) is 9.82. The van der Waals surface area contributed by atoms with E-state index >= 15 is 0 Å². The van der Waals surface area contributed by atoms with Crippen molar-refractivity contribution in [3.05, 3.63) is 0 Å². The van der Waals surface area contributed by atoms with Gasteiger partial charge >= 0.3 is 0 Å². The number of hydrogen-bond donors (Lipinski definition) is 2. The highest BCUT2D eigenvalue weighted by Gasteiger charge is 2.40. The van der Waals surface area contributed by atoms with Crippen molar-refractivity contribution >= 4 is 5.91 Å². The molecule has 0 spiro atoms. The van der Waals surface area contributed by atoms with Crippen LogP contribution in [0.3, 0.4) is 0 Å². The second kappa shape index (κ2) is 5.47. The quantitative estimate of drug-likeness (QED) is 0.706. The highest BCUT2D eigenvalue weighted by atomic mass is 16.5. The fourth-order valence-corrected chi connectivity index (χ4v) is 1.84. The number of hydrogen-bond acceptors (Lipinski definition) is 3. The molecule has 3 atom stereocenters. The van der Waals surface area contributed by atoms with Gasteiger partial charge in [0.15, 0.2) is 0 Å². The number of amides is 1. The number of rotatable bonds is 5. The smallest absolute Gasteiger partial charge is 0.220 e. The maximum absolute atomic E-state index is 11.5. The normalized spacial score (nSPS) is 30.1. The minimum absolute atomic E-state index is 0.0104. The van der Waals surface area contributed by atoms with E-state index in [4.69, 9.17) is 10.5 Å². The van der Waals surface area contributed by atoms with Crippen LogP contribution in [0.2, 0.25) is 0 Å². The molecule has 15 heavy (non-hydrogen) atoms. The predicted molar refractivity (Wildman–Crippen MR) is 59.4 cm³/mol. The Bertz CT molecular complexity index is 217. The van der Waals surface area contributed by atoms with Crippen LogP contribution in [0.5, 0.6) is 0 Å². The molecule has 3 N–H and O–H groups in total. The van der Waals surface area contributed by atoms with Gasteiger partial charge in [-0.1, -0.05) is 13.8 Å². The molecule has 0 aromatic carbocycles. The summed E-state index contributed by atoms with van der Waals surface area (Å²) in [6, 6.07) is 0.0638. The minimum atomic E-state index is 0.0104. The van der Waals surface area contributed by atoms with E-state index in [1.807, 2.05) is 20.8 Å². The van der Waals surface area contributed by atoms with Gasteiger partial charge < -0.3 is 15.8 Å². The summed E-state index contributed by atoms with van der Waals surface area (Å²) >= 11 is 0. The number of ether oxygens (including phenoxy) is 1. The molecule has 88 valence electrons. The van der Waals surface area contributed by atoms with E-state index in [-0.39, 0.29) is 24.1 Å². The molecule has 1 fully saturated rings. The maximum atomic E-state index is 11.5. The first-order valence-corrected chi connectivity index (χ1v) is 5.71. The van der Waals surface area contributed by atoms with Gasteiger partial charge in [-0.25, -0.2) is 0 Å². The molecule has 4 nitrogen and oxygen atoms in total. The Kier molecular flexibility index (Phi) is 4.54.